The molecule has 0 radical (unpaired) electrons. The molecular formula is C9H10N2OS. The van der Waals surface area contributed by atoms with Gasteiger partial charge in [-0.3, -0.25) is 0 Å². The maximum absolute atomic E-state index is 9.48. The summed E-state index contributed by atoms with van der Waals surface area (Å²) in [5.74, 6) is 0. The van der Waals surface area contributed by atoms with Crippen LogP contribution in [0.2, 0.25) is 0 Å². The SMILES string of the molecule is NCC(O)c1ccc2scnc2c1. The van der Waals surface area contributed by atoms with Crippen LogP contribution in [0.25, 0.3) is 10.2 Å². The standard InChI is InChI=1S/C9H10N2OS/c10-4-8(12)6-1-2-9-7(3-6)11-5-13-9/h1-3,5,8,12H,4,10H2. The molecule has 0 amide bonds. The van der Waals surface area contributed by atoms with Crippen molar-refractivity contribution in [3.8, 4) is 0 Å². The first-order chi connectivity index (χ1) is 6.31. The molecular weight excluding hydrogens is 184 g/mol. The summed E-state index contributed by atoms with van der Waals surface area (Å²) in [5.41, 5.74) is 8.91. The second-order valence-electron chi connectivity index (χ2n) is 2.83. The predicted octanol–water partition coefficient (Wildman–Crippen LogP) is 1.29. The average Bonchev–Trinajstić information content (AvgIpc) is 2.63. The zero-order valence-electron chi connectivity index (χ0n) is 6.97. The number of nitrogens with zero attached hydrogens (tertiary/aromatic N) is 1. The molecule has 3 N–H and O–H groups in total. The number of fused-ring (bicyclic) bond motifs is 1. The van der Waals surface area contributed by atoms with Crippen LogP contribution < -0.4 is 5.73 Å². The number of aromatic nitrogens is 1. The second-order valence-corrected chi connectivity index (χ2v) is 3.72. The number of rotatable bonds is 2. The van der Waals surface area contributed by atoms with Gasteiger partial charge in [0, 0.05) is 6.54 Å². The van der Waals surface area contributed by atoms with E-state index in [0.29, 0.717) is 0 Å². The van der Waals surface area contributed by atoms with Crippen molar-refractivity contribution in [2.75, 3.05) is 6.54 Å². The van der Waals surface area contributed by atoms with E-state index < -0.39 is 6.10 Å². The van der Waals surface area contributed by atoms with Gasteiger partial charge in [-0.25, -0.2) is 4.98 Å². The van der Waals surface area contributed by atoms with Gasteiger partial charge in [-0.05, 0) is 17.7 Å². The van der Waals surface area contributed by atoms with Crippen molar-refractivity contribution in [2.45, 2.75) is 6.10 Å². The molecule has 1 unspecified atom stereocenters. The van der Waals surface area contributed by atoms with E-state index in [1.54, 1.807) is 16.8 Å². The van der Waals surface area contributed by atoms with E-state index >= 15 is 0 Å². The Hall–Kier alpha value is -0.970. The zero-order chi connectivity index (χ0) is 9.26. The normalized spacial score (nSPS) is 13.4. The molecule has 0 aliphatic carbocycles. The van der Waals surface area contributed by atoms with Crippen molar-refractivity contribution in [1.29, 1.82) is 0 Å². The molecule has 0 fully saturated rings. The number of nitrogens with two attached hydrogens (primary N) is 1. The highest BCUT2D eigenvalue weighted by Crippen LogP contribution is 2.21. The minimum absolute atomic E-state index is 0.246. The Morgan fingerprint density at radius 1 is 1.54 bits per heavy atom. The molecule has 0 saturated carbocycles. The van der Waals surface area contributed by atoms with E-state index in [0.717, 1.165) is 15.8 Å². The fourth-order valence-corrected chi connectivity index (χ4v) is 1.88. The summed E-state index contributed by atoms with van der Waals surface area (Å²) in [4.78, 5) is 4.16. The third kappa shape index (κ3) is 1.56. The first kappa shape index (κ1) is 8.62. The molecule has 0 spiro atoms. The monoisotopic (exact) mass is 194 g/mol. The largest absolute Gasteiger partial charge is 0.387 e. The lowest BCUT2D eigenvalue weighted by Gasteiger charge is -2.06. The van der Waals surface area contributed by atoms with E-state index in [2.05, 4.69) is 4.98 Å². The summed E-state index contributed by atoms with van der Waals surface area (Å²) < 4.78 is 1.13. The highest BCUT2D eigenvalue weighted by molar-refractivity contribution is 7.16. The third-order valence-electron chi connectivity index (χ3n) is 1.96. The average molecular weight is 194 g/mol. The number of thiazole rings is 1. The Kier molecular flexibility index (Phi) is 2.26. The molecule has 0 bridgehead atoms. The summed E-state index contributed by atoms with van der Waals surface area (Å²) in [6.45, 7) is 0.246. The molecule has 68 valence electrons. The Labute approximate surface area is 79.8 Å². The van der Waals surface area contributed by atoms with Gasteiger partial charge in [0.2, 0.25) is 0 Å². The maximum atomic E-state index is 9.48. The van der Waals surface area contributed by atoms with Gasteiger partial charge >= 0.3 is 0 Å². The molecule has 1 atom stereocenters. The second kappa shape index (κ2) is 3.41. The van der Waals surface area contributed by atoms with Gasteiger partial charge in [0.25, 0.3) is 0 Å². The number of benzene rings is 1. The Morgan fingerprint density at radius 3 is 3.15 bits per heavy atom. The molecule has 0 aliphatic heterocycles. The lowest BCUT2D eigenvalue weighted by atomic mass is 10.1. The van der Waals surface area contributed by atoms with Crippen molar-refractivity contribution in [2.24, 2.45) is 5.73 Å². The van der Waals surface area contributed by atoms with Crippen LogP contribution in [0.15, 0.2) is 23.7 Å². The Balaban J connectivity index is 2.48. The van der Waals surface area contributed by atoms with Gasteiger partial charge in [-0.15, -0.1) is 11.3 Å². The van der Waals surface area contributed by atoms with Crippen LogP contribution in [0.3, 0.4) is 0 Å². The fourth-order valence-electron chi connectivity index (χ4n) is 1.22. The summed E-state index contributed by atoms with van der Waals surface area (Å²) in [6.07, 6.45) is -0.578. The molecule has 13 heavy (non-hydrogen) atoms. The maximum Gasteiger partial charge on any atom is 0.0913 e. The van der Waals surface area contributed by atoms with Crippen molar-refractivity contribution in [3.05, 3.63) is 29.3 Å². The lowest BCUT2D eigenvalue weighted by Crippen LogP contribution is -2.11. The number of aliphatic hydroxyl groups excluding tert-OH is 1. The van der Waals surface area contributed by atoms with Gasteiger partial charge in [0.1, 0.15) is 0 Å². The van der Waals surface area contributed by atoms with Crippen LogP contribution in [0.1, 0.15) is 11.7 Å². The van der Waals surface area contributed by atoms with E-state index in [1.807, 2.05) is 18.2 Å². The Morgan fingerprint density at radius 2 is 2.38 bits per heavy atom. The lowest BCUT2D eigenvalue weighted by molar-refractivity contribution is 0.187. The first-order valence-corrected chi connectivity index (χ1v) is 4.90. The molecule has 1 aromatic carbocycles. The minimum Gasteiger partial charge on any atom is -0.387 e. The number of hydrogen-bond donors (Lipinski definition) is 2. The van der Waals surface area contributed by atoms with Crippen LogP contribution in [0.4, 0.5) is 0 Å². The number of hydrogen-bond acceptors (Lipinski definition) is 4. The van der Waals surface area contributed by atoms with E-state index in [9.17, 15) is 5.11 Å². The van der Waals surface area contributed by atoms with Gasteiger partial charge in [-0.2, -0.15) is 0 Å². The van der Waals surface area contributed by atoms with E-state index in [-0.39, 0.29) is 6.54 Å². The summed E-state index contributed by atoms with van der Waals surface area (Å²) in [6, 6.07) is 5.72. The van der Waals surface area contributed by atoms with Crippen molar-refractivity contribution in [1.82, 2.24) is 4.98 Å². The van der Waals surface area contributed by atoms with Gasteiger partial charge in [0.05, 0.1) is 21.8 Å². The molecule has 3 nitrogen and oxygen atoms in total. The molecule has 0 aliphatic rings. The van der Waals surface area contributed by atoms with E-state index in [4.69, 9.17) is 5.73 Å². The van der Waals surface area contributed by atoms with Crippen LogP contribution in [0, 0.1) is 0 Å². The summed E-state index contributed by atoms with van der Waals surface area (Å²) in [5, 5.41) is 9.48. The highest BCUT2D eigenvalue weighted by atomic mass is 32.1. The topological polar surface area (TPSA) is 59.1 Å². The zero-order valence-corrected chi connectivity index (χ0v) is 7.79. The van der Waals surface area contributed by atoms with E-state index in [1.165, 1.54) is 0 Å². The van der Waals surface area contributed by atoms with Crippen LogP contribution in [-0.4, -0.2) is 16.6 Å². The van der Waals surface area contributed by atoms with Crippen LogP contribution >= 0.6 is 11.3 Å². The van der Waals surface area contributed by atoms with Crippen molar-refractivity contribution >= 4 is 21.6 Å². The third-order valence-corrected chi connectivity index (χ3v) is 2.77. The molecule has 4 heteroatoms. The number of aliphatic hydroxyl groups is 1. The van der Waals surface area contributed by atoms with Gasteiger partial charge < -0.3 is 10.8 Å². The first-order valence-electron chi connectivity index (χ1n) is 4.02. The highest BCUT2D eigenvalue weighted by Gasteiger charge is 2.06. The van der Waals surface area contributed by atoms with Gasteiger partial charge in [-0.1, -0.05) is 6.07 Å². The molecule has 1 heterocycles. The molecule has 0 saturated heterocycles. The summed E-state index contributed by atoms with van der Waals surface area (Å²) >= 11 is 1.59. The Bertz CT molecular complexity index is 413. The quantitative estimate of drug-likeness (QED) is 0.757. The van der Waals surface area contributed by atoms with Crippen LogP contribution in [0.5, 0.6) is 0 Å². The fraction of sp³-hybridized carbons (Fsp3) is 0.222. The summed E-state index contributed by atoms with van der Waals surface area (Å²) in [7, 11) is 0. The predicted molar refractivity (Wildman–Crippen MR) is 53.6 cm³/mol. The minimum atomic E-state index is -0.578. The van der Waals surface area contributed by atoms with Crippen LogP contribution in [-0.2, 0) is 0 Å². The molecule has 2 rings (SSSR count). The smallest absolute Gasteiger partial charge is 0.0913 e. The van der Waals surface area contributed by atoms with Crippen molar-refractivity contribution < 1.29 is 5.11 Å². The molecule has 1 aromatic heterocycles. The van der Waals surface area contributed by atoms with Gasteiger partial charge in [0.15, 0.2) is 0 Å². The molecule has 2 aromatic rings. The van der Waals surface area contributed by atoms with Crippen molar-refractivity contribution in [3.63, 3.8) is 0 Å².